The van der Waals surface area contributed by atoms with E-state index in [1.54, 1.807) is 19.2 Å². The second-order valence-electron chi connectivity index (χ2n) is 2.80. The molecule has 0 aliphatic rings. The molecule has 0 fully saturated rings. The molecule has 0 aliphatic heterocycles. The summed E-state index contributed by atoms with van der Waals surface area (Å²) in [4.78, 5) is 15.4. The molecular weight excluding hydrogens is 262 g/mol. The molecule has 5 nitrogen and oxygen atoms in total. The Balaban J connectivity index is 2.42. The highest BCUT2D eigenvalue weighted by Crippen LogP contribution is 2.11. The third kappa shape index (κ3) is 1.99. The van der Waals surface area contributed by atoms with Gasteiger partial charge in [0.2, 0.25) is 0 Å². The van der Waals surface area contributed by atoms with Crippen molar-refractivity contribution in [3.8, 4) is 0 Å². The van der Waals surface area contributed by atoms with Gasteiger partial charge in [0.15, 0.2) is 5.65 Å². The number of fused-ring (bicyclic) bond motifs is 1. The fraction of sp³-hybridized carbons (Fsp3) is 0.222. The van der Waals surface area contributed by atoms with Crippen molar-refractivity contribution >= 4 is 27.5 Å². The predicted octanol–water partition coefficient (Wildman–Crippen LogP) is 1.67. The Morgan fingerprint density at radius 1 is 1.67 bits per heavy atom. The van der Waals surface area contributed by atoms with Crippen LogP contribution in [-0.2, 0) is 4.74 Å². The zero-order valence-corrected chi connectivity index (χ0v) is 9.56. The largest absolute Gasteiger partial charge is 0.460 e. The SMILES string of the molecule is CCOC(=O)c1nc2cc(Br)ccn2n1. The molecule has 0 saturated heterocycles. The minimum atomic E-state index is -0.502. The summed E-state index contributed by atoms with van der Waals surface area (Å²) in [6, 6.07) is 3.59. The van der Waals surface area contributed by atoms with Gasteiger partial charge in [-0.3, -0.25) is 0 Å². The number of hydrogen-bond acceptors (Lipinski definition) is 4. The number of aromatic nitrogens is 3. The molecule has 0 saturated carbocycles. The normalized spacial score (nSPS) is 10.5. The smallest absolute Gasteiger partial charge is 0.378 e. The molecule has 0 aliphatic carbocycles. The second-order valence-corrected chi connectivity index (χ2v) is 3.72. The minimum absolute atomic E-state index is 0.0787. The Morgan fingerprint density at radius 3 is 3.20 bits per heavy atom. The third-order valence-electron chi connectivity index (χ3n) is 1.76. The number of carbonyl (C=O) groups is 1. The average Bonchev–Trinajstić information content (AvgIpc) is 2.60. The van der Waals surface area contributed by atoms with E-state index in [-0.39, 0.29) is 5.82 Å². The molecular formula is C9H8BrN3O2. The Labute approximate surface area is 94.2 Å². The van der Waals surface area contributed by atoms with Gasteiger partial charge in [0.05, 0.1) is 6.61 Å². The molecule has 0 spiro atoms. The predicted molar refractivity (Wildman–Crippen MR) is 56.6 cm³/mol. The lowest BCUT2D eigenvalue weighted by Crippen LogP contribution is -2.06. The number of rotatable bonds is 2. The van der Waals surface area contributed by atoms with Crippen molar-refractivity contribution in [2.75, 3.05) is 6.61 Å². The van der Waals surface area contributed by atoms with Crippen molar-refractivity contribution in [1.29, 1.82) is 0 Å². The Kier molecular flexibility index (Phi) is 2.68. The van der Waals surface area contributed by atoms with Gasteiger partial charge in [-0.1, -0.05) is 15.9 Å². The first-order valence-electron chi connectivity index (χ1n) is 4.39. The lowest BCUT2D eigenvalue weighted by atomic mass is 10.5. The standard InChI is InChI=1S/C9H8BrN3O2/c1-2-15-9(14)8-11-7-5-6(10)3-4-13(7)12-8/h3-5H,2H2,1H3. The summed E-state index contributed by atoms with van der Waals surface area (Å²) >= 11 is 3.31. The number of esters is 1. The molecule has 0 radical (unpaired) electrons. The van der Waals surface area contributed by atoms with Gasteiger partial charge in [0.1, 0.15) is 0 Å². The zero-order valence-electron chi connectivity index (χ0n) is 7.98. The van der Waals surface area contributed by atoms with Crippen LogP contribution >= 0.6 is 15.9 Å². The van der Waals surface area contributed by atoms with Crippen LogP contribution in [0, 0.1) is 0 Å². The van der Waals surface area contributed by atoms with E-state index in [0.717, 1.165) is 4.47 Å². The van der Waals surface area contributed by atoms with E-state index in [1.165, 1.54) is 4.52 Å². The summed E-state index contributed by atoms with van der Waals surface area (Å²) in [7, 11) is 0. The molecule has 2 rings (SSSR count). The maximum absolute atomic E-state index is 11.3. The van der Waals surface area contributed by atoms with E-state index >= 15 is 0 Å². The number of nitrogens with zero attached hydrogens (tertiary/aromatic N) is 3. The molecule has 0 amide bonds. The molecule has 0 atom stereocenters. The van der Waals surface area contributed by atoms with Crippen molar-refractivity contribution < 1.29 is 9.53 Å². The molecule has 2 heterocycles. The first kappa shape index (κ1) is 10.1. The monoisotopic (exact) mass is 269 g/mol. The van der Waals surface area contributed by atoms with Crippen LogP contribution in [0.15, 0.2) is 22.8 Å². The first-order valence-corrected chi connectivity index (χ1v) is 5.19. The van der Waals surface area contributed by atoms with Gasteiger partial charge in [-0.05, 0) is 19.1 Å². The number of halogens is 1. The van der Waals surface area contributed by atoms with Gasteiger partial charge < -0.3 is 4.74 Å². The van der Waals surface area contributed by atoms with E-state index in [4.69, 9.17) is 4.74 Å². The summed E-state index contributed by atoms with van der Waals surface area (Å²) < 4.78 is 7.21. The van der Waals surface area contributed by atoms with Crippen molar-refractivity contribution in [3.05, 3.63) is 28.6 Å². The zero-order chi connectivity index (χ0) is 10.8. The minimum Gasteiger partial charge on any atom is -0.460 e. The topological polar surface area (TPSA) is 56.5 Å². The lowest BCUT2D eigenvalue weighted by molar-refractivity contribution is 0.0512. The Hall–Kier alpha value is -1.43. The first-order chi connectivity index (χ1) is 7.20. The summed E-state index contributed by atoms with van der Waals surface area (Å²) in [5.41, 5.74) is 0.604. The quantitative estimate of drug-likeness (QED) is 0.779. The van der Waals surface area contributed by atoms with Crippen LogP contribution in [0.4, 0.5) is 0 Å². The fourth-order valence-corrected chi connectivity index (χ4v) is 1.46. The number of pyridine rings is 1. The highest BCUT2D eigenvalue weighted by atomic mass is 79.9. The summed E-state index contributed by atoms with van der Waals surface area (Å²) in [5.74, 6) is -0.424. The van der Waals surface area contributed by atoms with Gasteiger partial charge in [0.25, 0.3) is 5.82 Å². The van der Waals surface area contributed by atoms with Crippen LogP contribution in [0.1, 0.15) is 17.5 Å². The Bertz CT molecular complexity index is 509. The second kappa shape index (κ2) is 3.98. The van der Waals surface area contributed by atoms with Crippen molar-refractivity contribution in [2.24, 2.45) is 0 Å². The van der Waals surface area contributed by atoms with Gasteiger partial charge >= 0.3 is 5.97 Å². The highest BCUT2D eigenvalue weighted by molar-refractivity contribution is 9.10. The van der Waals surface area contributed by atoms with Crippen LogP contribution in [0.3, 0.4) is 0 Å². The van der Waals surface area contributed by atoms with E-state index in [1.807, 2.05) is 6.07 Å². The van der Waals surface area contributed by atoms with Crippen molar-refractivity contribution in [2.45, 2.75) is 6.92 Å². The molecule has 2 aromatic heterocycles. The molecule has 0 bridgehead atoms. The van der Waals surface area contributed by atoms with E-state index in [0.29, 0.717) is 12.3 Å². The van der Waals surface area contributed by atoms with Gasteiger partial charge in [-0.2, -0.15) is 0 Å². The maximum Gasteiger partial charge on any atom is 0.378 e. The fourth-order valence-electron chi connectivity index (χ4n) is 1.14. The van der Waals surface area contributed by atoms with Gasteiger partial charge in [-0.25, -0.2) is 14.3 Å². The molecule has 6 heteroatoms. The molecule has 0 aromatic carbocycles. The number of carbonyl (C=O) groups excluding carboxylic acids is 1. The molecule has 78 valence electrons. The van der Waals surface area contributed by atoms with Crippen LogP contribution < -0.4 is 0 Å². The van der Waals surface area contributed by atoms with Crippen LogP contribution in [0.2, 0.25) is 0 Å². The van der Waals surface area contributed by atoms with Crippen molar-refractivity contribution in [1.82, 2.24) is 14.6 Å². The molecule has 0 N–H and O–H groups in total. The van der Waals surface area contributed by atoms with Crippen molar-refractivity contribution in [3.63, 3.8) is 0 Å². The van der Waals surface area contributed by atoms with Gasteiger partial charge in [0, 0.05) is 10.7 Å². The third-order valence-corrected chi connectivity index (χ3v) is 2.25. The summed E-state index contributed by atoms with van der Waals surface area (Å²) in [6.07, 6.45) is 1.72. The highest BCUT2D eigenvalue weighted by Gasteiger charge is 2.13. The van der Waals surface area contributed by atoms with Crippen LogP contribution in [0.25, 0.3) is 5.65 Å². The maximum atomic E-state index is 11.3. The Morgan fingerprint density at radius 2 is 2.47 bits per heavy atom. The van der Waals surface area contributed by atoms with E-state index in [9.17, 15) is 4.79 Å². The van der Waals surface area contributed by atoms with E-state index < -0.39 is 5.97 Å². The summed E-state index contributed by atoms with van der Waals surface area (Å²) in [6.45, 7) is 2.06. The molecule has 0 unspecified atom stereocenters. The lowest BCUT2D eigenvalue weighted by Gasteiger charge is -1.93. The van der Waals surface area contributed by atoms with Gasteiger partial charge in [-0.15, -0.1) is 5.10 Å². The number of ether oxygens (including phenoxy) is 1. The van der Waals surface area contributed by atoms with Crippen LogP contribution in [-0.4, -0.2) is 27.2 Å². The average molecular weight is 270 g/mol. The molecule has 15 heavy (non-hydrogen) atoms. The van der Waals surface area contributed by atoms with E-state index in [2.05, 4.69) is 26.0 Å². The molecule has 2 aromatic rings. The number of hydrogen-bond donors (Lipinski definition) is 0. The van der Waals surface area contributed by atoms with Crippen LogP contribution in [0.5, 0.6) is 0 Å². The summed E-state index contributed by atoms with van der Waals surface area (Å²) in [5, 5.41) is 3.98.